The van der Waals surface area contributed by atoms with Crippen LogP contribution in [-0.4, -0.2) is 57.4 Å². The summed E-state index contributed by atoms with van der Waals surface area (Å²) in [5.41, 5.74) is -0.903. The molecule has 43 heavy (non-hydrogen) atoms. The second-order valence-electron chi connectivity index (χ2n) is 18.3. The van der Waals surface area contributed by atoms with E-state index in [1.807, 2.05) is 27.7 Å². The first-order valence-corrected chi connectivity index (χ1v) is 17.8. The Hall–Kier alpha value is -0.690. The van der Waals surface area contributed by atoms with Crippen molar-refractivity contribution in [3.8, 4) is 0 Å². The summed E-state index contributed by atoms with van der Waals surface area (Å²) >= 11 is 0. The van der Waals surface area contributed by atoms with Crippen LogP contribution in [0.3, 0.4) is 0 Å². The van der Waals surface area contributed by atoms with Crippen LogP contribution in [0, 0.1) is 44.8 Å². The number of ether oxygens (including phenoxy) is 2. The van der Waals surface area contributed by atoms with Crippen molar-refractivity contribution in [2.24, 2.45) is 44.8 Å². The summed E-state index contributed by atoms with van der Waals surface area (Å²) in [6.07, 6.45) is 11.2. The largest absolute Gasteiger partial charge is 0.461 e. The Morgan fingerprint density at radius 3 is 2.30 bits per heavy atom. The predicted molar refractivity (Wildman–Crippen MR) is 169 cm³/mol. The summed E-state index contributed by atoms with van der Waals surface area (Å²) in [5.74, 6) is 0.492. The number of hydrogen-bond acceptors (Lipinski definition) is 6. The minimum Gasteiger partial charge on any atom is -0.461 e. The van der Waals surface area contributed by atoms with Crippen LogP contribution in [0.4, 0.5) is 0 Å². The molecule has 2 unspecified atom stereocenters. The molecule has 5 rings (SSSR count). The quantitative estimate of drug-likeness (QED) is 0.266. The lowest BCUT2D eigenvalue weighted by atomic mass is 9.52. The standard InChI is InChI=1S/C37H64O6/c1-10-11-15-37-22-36(37)16-12-13-30(42-31(41)32(3,4)5)33(6,7)19-25(36)26(39)18-29(37)34(8)20-24(27(40)21-34)35(9)17-14-28(43-35)23(2)38/h23-30,38-40H,10-22H2,1-9H3/t23?,24?,25-,26+,27+,28+,29+,30+,34+,35-,36-,37+/m1/s1. The number of carbonyl (C=O) groups excluding carboxylic acids is 1. The Morgan fingerprint density at radius 2 is 1.70 bits per heavy atom. The highest BCUT2D eigenvalue weighted by molar-refractivity contribution is 5.75. The second kappa shape index (κ2) is 11.2. The van der Waals surface area contributed by atoms with E-state index < -0.39 is 23.2 Å². The van der Waals surface area contributed by atoms with Gasteiger partial charge in [-0.1, -0.05) is 40.5 Å². The van der Waals surface area contributed by atoms with E-state index in [2.05, 4.69) is 34.6 Å². The molecule has 0 radical (unpaired) electrons. The highest BCUT2D eigenvalue weighted by Crippen LogP contribution is 2.83. The molecule has 0 bridgehead atoms. The van der Waals surface area contributed by atoms with Crippen molar-refractivity contribution in [3.63, 3.8) is 0 Å². The van der Waals surface area contributed by atoms with Crippen LogP contribution in [0.25, 0.3) is 0 Å². The molecule has 0 amide bonds. The number of hydrogen-bond donors (Lipinski definition) is 3. The van der Waals surface area contributed by atoms with Crippen LogP contribution in [-0.2, 0) is 14.3 Å². The molecule has 3 N–H and O–H groups in total. The lowest BCUT2D eigenvalue weighted by Gasteiger charge is -2.54. The molecule has 1 spiro atoms. The van der Waals surface area contributed by atoms with Gasteiger partial charge < -0.3 is 24.8 Å². The van der Waals surface area contributed by atoms with E-state index in [9.17, 15) is 20.1 Å². The summed E-state index contributed by atoms with van der Waals surface area (Å²) in [6.45, 7) is 18.9. The monoisotopic (exact) mass is 604 g/mol. The molecule has 1 saturated heterocycles. The minimum absolute atomic E-state index is 0.0450. The SMILES string of the molecule is CCCC[C@@]12C[C@@]13CCC[C@H](OC(=O)C(C)(C)C)C(C)(C)C[C@@H]3[C@@H](O)C[C@H]2[C@@]1(C)CC([C@@]2(C)CC[C@@H](C(C)O)O2)[C@@H](O)C1. The van der Waals surface area contributed by atoms with Crippen LogP contribution in [0.2, 0.25) is 0 Å². The van der Waals surface area contributed by atoms with Gasteiger partial charge in [0.25, 0.3) is 0 Å². The number of aliphatic hydroxyl groups excluding tert-OH is 3. The number of rotatable bonds is 7. The zero-order valence-electron chi connectivity index (χ0n) is 28.9. The molecular formula is C37H64O6. The maximum atomic E-state index is 12.9. The molecule has 4 aliphatic carbocycles. The first-order chi connectivity index (χ1) is 19.8. The van der Waals surface area contributed by atoms with Gasteiger partial charge in [-0.15, -0.1) is 0 Å². The van der Waals surface area contributed by atoms with Crippen molar-refractivity contribution in [2.75, 3.05) is 0 Å². The van der Waals surface area contributed by atoms with E-state index in [-0.39, 0.29) is 57.8 Å². The third-order valence-electron chi connectivity index (χ3n) is 13.7. The van der Waals surface area contributed by atoms with Crippen molar-refractivity contribution in [2.45, 2.75) is 182 Å². The van der Waals surface area contributed by atoms with Gasteiger partial charge in [0.15, 0.2) is 0 Å². The summed E-state index contributed by atoms with van der Waals surface area (Å²) in [4.78, 5) is 12.9. The van der Waals surface area contributed by atoms with Gasteiger partial charge in [-0.25, -0.2) is 0 Å². The third kappa shape index (κ3) is 5.65. The Balaban J connectivity index is 1.42. The van der Waals surface area contributed by atoms with Gasteiger partial charge in [0, 0.05) is 11.3 Å². The van der Waals surface area contributed by atoms with Gasteiger partial charge in [-0.2, -0.15) is 0 Å². The zero-order chi connectivity index (χ0) is 31.8. The number of carbonyl (C=O) groups is 1. The Kier molecular flexibility index (Phi) is 8.79. The lowest BCUT2D eigenvalue weighted by molar-refractivity contribution is -0.170. The number of unbranched alkanes of at least 4 members (excludes halogenated alkanes) is 1. The molecular weight excluding hydrogens is 540 g/mol. The van der Waals surface area contributed by atoms with Gasteiger partial charge in [-0.05, 0) is 133 Å². The smallest absolute Gasteiger partial charge is 0.311 e. The van der Waals surface area contributed by atoms with Gasteiger partial charge in [0.1, 0.15) is 6.10 Å². The molecule has 1 aliphatic heterocycles. The minimum atomic E-state index is -0.528. The van der Waals surface area contributed by atoms with E-state index in [0.717, 1.165) is 57.8 Å². The molecule has 0 aromatic rings. The molecule has 5 aliphatic rings. The molecule has 12 atom stereocenters. The Labute approximate surface area is 262 Å². The maximum absolute atomic E-state index is 12.9. The van der Waals surface area contributed by atoms with E-state index in [1.54, 1.807) is 0 Å². The first kappa shape index (κ1) is 33.7. The van der Waals surface area contributed by atoms with E-state index in [0.29, 0.717) is 5.92 Å². The van der Waals surface area contributed by atoms with Crippen molar-refractivity contribution >= 4 is 5.97 Å². The number of esters is 1. The zero-order valence-corrected chi connectivity index (χ0v) is 28.9. The summed E-state index contributed by atoms with van der Waals surface area (Å²) in [7, 11) is 0. The van der Waals surface area contributed by atoms with Crippen LogP contribution in [0.1, 0.15) is 146 Å². The highest BCUT2D eigenvalue weighted by Gasteiger charge is 2.78. The molecule has 6 heteroatoms. The number of aliphatic hydroxyl groups is 3. The van der Waals surface area contributed by atoms with E-state index >= 15 is 0 Å². The normalized spacial score (nSPS) is 48.5. The molecule has 6 nitrogen and oxygen atoms in total. The lowest BCUT2D eigenvalue weighted by Crippen LogP contribution is -2.51. The average Bonchev–Trinajstić information content (AvgIpc) is 3.19. The van der Waals surface area contributed by atoms with E-state index in [4.69, 9.17) is 9.47 Å². The molecule has 4 saturated carbocycles. The van der Waals surface area contributed by atoms with E-state index in [1.165, 1.54) is 25.7 Å². The molecule has 1 heterocycles. The van der Waals surface area contributed by atoms with Gasteiger partial charge >= 0.3 is 5.97 Å². The van der Waals surface area contributed by atoms with Crippen LogP contribution in [0.15, 0.2) is 0 Å². The third-order valence-corrected chi connectivity index (χ3v) is 13.7. The van der Waals surface area contributed by atoms with Crippen LogP contribution >= 0.6 is 0 Å². The average molecular weight is 605 g/mol. The Bertz CT molecular complexity index is 1030. The fourth-order valence-electron chi connectivity index (χ4n) is 11.3. The van der Waals surface area contributed by atoms with Gasteiger partial charge in [0.2, 0.25) is 0 Å². The van der Waals surface area contributed by atoms with Crippen LogP contribution in [0.5, 0.6) is 0 Å². The maximum Gasteiger partial charge on any atom is 0.311 e. The predicted octanol–water partition coefficient (Wildman–Crippen LogP) is 7.20. The topological polar surface area (TPSA) is 96.2 Å². The van der Waals surface area contributed by atoms with Crippen molar-refractivity contribution in [3.05, 3.63) is 0 Å². The van der Waals surface area contributed by atoms with Crippen molar-refractivity contribution in [1.82, 2.24) is 0 Å². The van der Waals surface area contributed by atoms with Crippen LogP contribution < -0.4 is 0 Å². The molecule has 5 fully saturated rings. The molecule has 0 aromatic heterocycles. The fourth-order valence-corrected chi connectivity index (χ4v) is 11.3. The van der Waals surface area contributed by atoms with Crippen molar-refractivity contribution in [1.29, 1.82) is 0 Å². The fraction of sp³-hybridized carbons (Fsp3) is 0.973. The highest BCUT2D eigenvalue weighted by atomic mass is 16.5. The van der Waals surface area contributed by atoms with Crippen molar-refractivity contribution < 1.29 is 29.6 Å². The first-order valence-electron chi connectivity index (χ1n) is 17.8. The second-order valence-corrected chi connectivity index (χ2v) is 18.3. The van der Waals surface area contributed by atoms with Gasteiger partial charge in [-0.3, -0.25) is 4.79 Å². The summed E-state index contributed by atoms with van der Waals surface area (Å²) in [6, 6.07) is 0. The molecule has 0 aromatic carbocycles. The van der Waals surface area contributed by atoms with Gasteiger partial charge in [0.05, 0.1) is 35.4 Å². The summed E-state index contributed by atoms with van der Waals surface area (Å²) in [5, 5.41) is 33.9. The Morgan fingerprint density at radius 1 is 1.00 bits per heavy atom. The molecule has 248 valence electrons. The summed E-state index contributed by atoms with van der Waals surface area (Å²) < 4.78 is 12.7.